The van der Waals surface area contributed by atoms with Gasteiger partial charge in [-0.1, -0.05) is 72.8 Å². The van der Waals surface area contributed by atoms with Gasteiger partial charge in [0.2, 0.25) is 6.79 Å². The smallest absolute Gasteiger partial charge is 0.341 e. The zero-order valence-electron chi connectivity index (χ0n) is 15.4. The van der Waals surface area contributed by atoms with Crippen molar-refractivity contribution in [3.05, 3.63) is 96.1 Å². The molecule has 0 bridgehead atoms. The number of carbonyl (C=O) groups is 2. The summed E-state index contributed by atoms with van der Waals surface area (Å²) >= 11 is 0. The minimum absolute atomic E-state index is 0. The topological polar surface area (TPSA) is 52.6 Å². The van der Waals surface area contributed by atoms with Crippen molar-refractivity contribution in [1.82, 2.24) is 0 Å². The number of fused-ring (bicyclic) bond motifs is 2. The molecule has 4 nitrogen and oxygen atoms in total. The van der Waals surface area contributed by atoms with Crippen molar-refractivity contribution in [3.8, 4) is 0 Å². The van der Waals surface area contributed by atoms with E-state index in [9.17, 15) is 9.59 Å². The van der Waals surface area contributed by atoms with Gasteiger partial charge in [-0.25, -0.2) is 9.59 Å². The third kappa shape index (κ3) is 4.09. The predicted octanol–water partition coefficient (Wildman–Crippen LogP) is 4.58. The largest absolute Gasteiger partial charge is 0.424 e. The van der Waals surface area contributed by atoms with Crippen molar-refractivity contribution < 1.29 is 19.1 Å². The van der Waals surface area contributed by atoms with Crippen molar-refractivity contribution in [2.75, 3.05) is 6.79 Å². The molecule has 0 unspecified atom stereocenters. The van der Waals surface area contributed by atoms with E-state index in [2.05, 4.69) is 0 Å². The fourth-order valence-corrected chi connectivity index (χ4v) is 3.10. The maximum absolute atomic E-state index is 12.4. The first-order chi connectivity index (χ1) is 13.2. The van der Waals surface area contributed by atoms with Crippen LogP contribution in [0.15, 0.2) is 84.9 Å². The summed E-state index contributed by atoms with van der Waals surface area (Å²) in [5.74, 6) is -1.06. The van der Waals surface area contributed by atoms with Crippen LogP contribution in [0.5, 0.6) is 0 Å². The van der Waals surface area contributed by atoms with E-state index in [1.807, 2.05) is 60.7 Å². The quantitative estimate of drug-likeness (QED) is 0.296. The zero-order chi connectivity index (χ0) is 18.6. The van der Waals surface area contributed by atoms with E-state index in [4.69, 9.17) is 9.47 Å². The Kier molecular flexibility index (Phi) is 6.47. The van der Waals surface area contributed by atoms with Gasteiger partial charge < -0.3 is 9.47 Å². The van der Waals surface area contributed by atoms with Gasteiger partial charge in [-0.3, -0.25) is 0 Å². The number of ether oxygens (including phenoxy) is 2. The Morgan fingerprint density at radius 3 is 1.43 bits per heavy atom. The van der Waals surface area contributed by atoms with Gasteiger partial charge in [-0.15, -0.1) is 0 Å². The normalized spacial score (nSPS) is 10.3. The molecule has 0 aliphatic carbocycles. The molecule has 0 fully saturated rings. The molecule has 0 aromatic heterocycles. The van der Waals surface area contributed by atoms with Gasteiger partial charge in [-0.2, -0.15) is 0 Å². The van der Waals surface area contributed by atoms with Crippen molar-refractivity contribution in [2.45, 2.75) is 0 Å². The predicted molar refractivity (Wildman–Crippen MR) is 109 cm³/mol. The van der Waals surface area contributed by atoms with Crippen LogP contribution in [0.25, 0.3) is 21.5 Å². The van der Waals surface area contributed by atoms with Gasteiger partial charge >= 0.3 is 11.9 Å². The van der Waals surface area contributed by atoms with E-state index < -0.39 is 18.7 Å². The maximum atomic E-state index is 12.4. The molecule has 1 radical (unpaired) electrons. The van der Waals surface area contributed by atoms with Crippen LogP contribution in [0.3, 0.4) is 0 Å². The van der Waals surface area contributed by atoms with Crippen molar-refractivity contribution in [2.24, 2.45) is 0 Å². The summed E-state index contributed by atoms with van der Waals surface area (Å²) in [4.78, 5) is 24.8. The molecule has 0 saturated heterocycles. The summed E-state index contributed by atoms with van der Waals surface area (Å²) in [7, 11) is 0. The molecule has 0 saturated carbocycles. The molecular weight excluding hydrogens is 363 g/mol. The Hall–Kier alpha value is -2.66. The summed E-state index contributed by atoms with van der Waals surface area (Å²) in [6.45, 7) is -0.440. The maximum Gasteiger partial charge on any atom is 0.341 e. The van der Waals surface area contributed by atoms with E-state index in [0.717, 1.165) is 21.5 Å². The molecule has 0 aliphatic heterocycles. The Balaban J connectivity index is 0.00000225. The Morgan fingerprint density at radius 1 is 0.571 bits per heavy atom. The van der Waals surface area contributed by atoms with Gasteiger partial charge in [-0.05, 0) is 33.7 Å². The molecule has 0 atom stereocenters. The number of hydrogen-bond donors (Lipinski definition) is 0. The first-order valence-electron chi connectivity index (χ1n) is 8.54. The van der Waals surface area contributed by atoms with Crippen LogP contribution in [0.2, 0.25) is 0 Å². The van der Waals surface area contributed by atoms with Gasteiger partial charge in [0.15, 0.2) is 0 Å². The number of hydrogen-bond acceptors (Lipinski definition) is 4. The third-order valence-electron chi connectivity index (χ3n) is 4.40. The molecule has 5 heteroatoms. The van der Waals surface area contributed by atoms with Gasteiger partial charge in [0.05, 0.1) is 11.1 Å². The average Bonchev–Trinajstić information content (AvgIpc) is 2.72. The van der Waals surface area contributed by atoms with Crippen molar-refractivity contribution >= 4 is 63.0 Å². The van der Waals surface area contributed by atoms with E-state index in [1.54, 1.807) is 24.3 Å². The number of benzene rings is 4. The Bertz CT molecular complexity index is 1050. The molecule has 4 rings (SSSR count). The summed E-state index contributed by atoms with van der Waals surface area (Å²) in [6.07, 6.45) is 0. The zero-order valence-corrected chi connectivity index (χ0v) is 17.4. The average molecular weight is 379 g/mol. The molecule has 0 aliphatic rings. The van der Waals surface area contributed by atoms with Crippen LogP contribution in [-0.2, 0) is 9.47 Å². The monoisotopic (exact) mass is 379 g/mol. The molecule has 0 amide bonds. The van der Waals surface area contributed by atoms with Crippen LogP contribution in [0, 0.1) is 0 Å². The molecule has 28 heavy (non-hydrogen) atoms. The summed E-state index contributed by atoms with van der Waals surface area (Å²) in [5, 5.41) is 3.48. The van der Waals surface area contributed by atoms with E-state index in [1.165, 1.54) is 0 Å². The third-order valence-corrected chi connectivity index (χ3v) is 4.40. The first kappa shape index (κ1) is 20.1. The summed E-state index contributed by atoms with van der Waals surface area (Å²) < 4.78 is 10.3. The molecule has 0 heterocycles. The van der Waals surface area contributed by atoms with Crippen LogP contribution in [0.4, 0.5) is 0 Å². The second-order valence-corrected chi connectivity index (χ2v) is 6.03. The minimum Gasteiger partial charge on any atom is -0.424 e. The van der Waals surface area contributed by atoms with Crippen molar-refractivity contribution in [3.63, 3.8) is 0 Å². The van der Waals surface area contributed by atoms with E-state index in [0.29, 0.717) is 11.1 Å². The molecular formula is C23H16NaO4. The summed E-state index contributed by atoms with van der Waals surface area (Å²) in [6, 6.07) is 25.9. The molecule has 133 valence electrons. The van der Waals surface area contributed by atoms with Crippen LogP contribution in [0.1, 0.15) is 20.7 Å². The summed E-state index contributed by atoms with van der Waals surface area (Å²) in [5.41, 5.74) is 0.878. The second kappa shape index (κ2) is 9.02. The standard InChI is InChI=1S/C23H16O4.Na/c24-22(20-13-5-9-16-7-1-3-11-18(16)20)26-15-27-23(25)21-14-6-10-17-8-2-4-12-19(17)21;/h1-14H,15H2;. The fraction of sp³-hybridized carbons (Fsp3) is 0.0435. The number of carbonyl (C=O) groups excluding carboxylic acids is 2. The minimum atomic E-state index is -0.530. The molecule has 0 spiro atoms. The van der Waals surface area contributed by atoms with Gasteiger partial charge in [0.25, 0.3) is 0 Å². The van der Waals surface area contributed by atoms with Crippen LogP contribution in [-0.4, -0.2) is 48.3 Å². The van der Waals surface area contributed by atoms with Crippen LogP contribution < -0.4 is 0 Å². The van der Waals surface area contributed by atoms with Crippen LogP contribution >= 0.6 is 0 Å². The molecule has 0 N–H and O–H groups in total. The van der Waals surface area contributed by atoms with Gasteiger partial charge in [0.1, 0.15) is 0 Å². The number of rotatable bonds is 4. The van der Waals surface area contributed by atoms with E-state index in [-0.39, 0.29) is 29.6 Å². The second-order valence-electron chi connectivity index (χ2n) is 6.03. The Morgan fingerprint density at radius 2 is 0.964 bits per heavy atom. The van der Waals surface area contributed by atoms with Crippen molar-refractivity contribution in [1.29, 1.82) is 0 Å². The SMILES string of the molecule is O=C(OCOC(=O)c1cccc2ccccc12)c1cccc2ccccc12.[Na]. The number of esters is 2. The molecule has 4 aromatic carbocycles. The van der Waals surface area contributed by atoms with E-state index >= 15 is 0 Å². The fourth-order valence-electron chi connectivity index (χ4n) is 3.10. The van der Waals surface area contributed by atoms with Gasteiger partial charge in [0, 0.05) is 29.6 Å². The molecule has 4 aromatic rings. The Labute approximate surface area is 184 Å². The first-order valence-corrected chi connectivity index (χ1v) is 8.54.